The number of ether oxygens (including phenoxy) is 2. The molecule has 1 aromatic carbocycles. The fraction of sp³-hybridized carbons (Fsp3) is 0.562. The number of rotatable bonds is 8. The Kier molecular flexibility index (Phi) is 6.02. The fourth-order valence-corrected chi connectivity index (χ4v) is 2.13. The van der Waals surface area contributed by atoms with Gasteiger partial charge in [-0.25, -0.2) is 0 Å². The molecule has 5 heteroatoms. The standard InChI is InChI=1S/C16H24N2O3/c1-12(2)20-8-3-6-17-11-15(19)13-4-5-16-14(10-13)18-7-9-21-16/h4-5,10,12,17-18H,3,6-9,11H2,1-2H3. The summed E-state index contributed by atoms with van der Waals surface area (Å²) in [5.74, 6) is 0.909. The number of anilines is 1. The highest BCUT2D eigenvalue weighted by Crippen LogP contribution is 2.28. The van der Waals surface area contributed by atoms with Crippen LogP contribution in [0.4, 0.5) is 5.69 Å². The van der Waals surface area contributed by atoms with Crippen LogP contribution in [0.1, 0.15) is 30.6 Å². The van der Waals surface area contributed by atoms with Gasteiger partial charge in [0.15, 0.2) is 5.78 Å². The van der Waals surface area contributed by atoms with E-state index in [0.717, 1.165) is 37.6 Å². The minimum absolute atomic E-state index is 0.0925. The van der Waals surface area contributed by atoms with E-state index < -0.39 is 0 Å². The number of ketones is 1. The van der Waals surface area contributed by atoms with E-state index in [4.69, 9.17) is 9.47 Å². The van der Waals surface area contributed by atoms with Gasteiger partial charge in [-0.2, -0.15) is 0 Å². The molecule has 2 rings (SSSR count). The van der Waals surface area contributed by atoms with Gasteiger partial charge in [0.2, 0.25) is 0 Å². The van der Waals surface area contributed by atoms with Gasteiger partial charge in [-0.05, 0) is 45.0 Å². The second-order valence-corrected chi connectivity index (χ2v) is 5.36. The SMILES string of the molecule is CC(C)OCCCNCC(=O)c1ccc2c(c1)NCCO2. The maximum absolute atomic E-state index is 12.1. The number of Topliss-reactive ketones (excluding diaryl/α,β-unsaturated/α-hetero) is 1. The zero-order valence-electron chi connectivity index (χ0n) is 12.8. The highest BCUT2D eigenvalue weighted by Gasteiger charge is 2.13. The molecule has 0 saturated heterocycles. The number of nitrogens with one attached hydrogen (secondary N) is 2. The second kappa shape index (κ2) is 8.00. The first-order valence-electron chi connectivity index (χ1n) is 7.53. The Balaban J connectivity index is 1.73. The molecule has 1 heterocycles. The quantitative estimate of drug-likeness (QED) is 0.567. The van der Waals surface area contributed by atoms with Crippen LogP contribution in [0.2, 0.25) is 0 Å². The number of carbonyl (C=O) groups is 1. The minimum Gasteiger partial charge on any atom is -0.490 e. The smallest absolute Gasteiger partial charge is 0.176 e. The molecule has 0 aromatic heterocycles. The van der Waals surface area contributed by atoms with Gasteiger partial charge in [-0.3, -0.25) is 4.79 Å². The lowest BCUT2D eigenvalue weighted by Gasteiger charge is -2.19. The molecule has 2 N–H and O–H groups in total. The molecule has 0 radical (unpaired) electrons. The second-order valence-electron chi connectivity index (χ2n) is 5.36. The molecule has 0 aliphatic carbocycles. The van der Waals surface area contributed by atoms with Gasteiger partial charge in [0.25, 0.3) is 0 Å². The van der Waals surface area contributed by atoms with Crippen molar-refractivity contribution in [3.05, 3.63) is 23.8 Å². The highest BCUT2D eigenvalue weighted by molar-refractivity contribution is 5.98. The lowest BCUT2D eigenvalue weighted by atomic mass is 10.1. The van der Waals surface area contributed by atoms with Gasteiger partial charge >= 0.3 is 0 Å². The molecule has 0 bridgehead atoms. The Hall–Kier alpha value is -1.59. The predicted octanol–water partition coefficient (Wildman–Crippen LogP) is 2.08. The number of hydrogen-bond donors (Lipinski definition) is 2. The normalized spacial score (nSPS) is 13.5. The van der Waals surface area contributed by atoms with E-state index in [1.54, 1.807) is 0 Å². The Morgan fingerprint density at radius 2 is 2.33 bits per heavy atom. The van der Waals surface area contributed by atoms with Crippen LogP contribution in [0.5, 0.6) is 5.75 Å². The van der Waals surface area contributed by atoms with Crippen molar-refractivity contribution in [2.45, 2.75) is 26.4 Å². The first kappa shape index (κ1) is 15.8. The molecule has 0 spiro atoms. The fourth-order valence-electron chi connectivity index (χ4n) is 2.13. The highest BCUT2D eigenvalue weighted by atomic mass is 16.5. The Morgan fingerprint density at radius 3 is 3.14 bits per heavy atom. The van der Waals surface area contributed by atoms with Crippen molar-refractivity contribution < 1.29 is 14.3 Å². The average Bonchev–Trinajstić information content (AvgIpc) is 2.49. The van der Waals surface area contributed by atoms with Crippen molar-refractivity contribution in [1.82, 2.24) is 5.32 Å². The minimum atomic E-state index is 0.0925. The van der Waals surface area contributed by atoms with Gasteiger partial charge in [0.1, 0.15) is 12.4 Å². The third-order valence-electron chi connectivity index (χ3n) is 3.21. The monoisotopic (exact) mass is 292 g/mol. The number of fused-ring (bicyclic) bond motifs is 1. The summed E-state index contributed by atoms with van der Waals surface area (Å²) >= 11 is 0. The van der Waals surface area contributed by atoms with E-state index in [-0.39, 0.29) is 11.9 Å². The van der Waals surface area contributed by atoms with Crippen LogP contribution in [-0.2, 0) is 4.74 Å². The third kappa shape index (κ3) is 5.02. The lowest BCUT2D eigenvalue weighted by Crippen LogP contribution is -2.25. The number of benzene rings is 1. The largest absolute Gasteiger partial charge is 0.490 e. The zero-order chi connectivity index (χ0) is 15.1. The summed E-state index contributed by atoms with van der Waals surface area (Å²) in [7, 11) is 0. The molecule has 0 unspecified atom stereocenters. The van der Waals surface area contributed by atoms with Gasteiger partial charge in [0.05, 0.1) is 18.3 Å². The number of carbonyl (C=O) groups excluding carboxylic acids is 1. The van der Waals surface area contributed by atoms with Crippen LogP contribution in [0.25, 0.3) is 0 Å². The molecular weight excluding hydrogens is 268 g/mol. The van der Waals surface area contributed by atoms with Crippen LogP contribution in [0.15, 0.2) is 18.2 Å². The van der Waals surface area contributed by atoms with Crippen LogP contribution in [0, 0.1) is 0 Å². The molecule has 21 heavy (non-hydrogen) atoms. The summed E-state index contributed by atoms with van der Waals surface area (Å²) in [5.41, 5.74) is 1.61. The molecular formula is C16H24N2O3. The molecule has 0 saturated carbocycles. The summed E-state index contributed by atoms with van der Waals surface area (Å²) < 4.78 is 10.9. The van der Waals surface area contributed by atoms with E-state index in [1.807, 2.05) is 32.0 Å². The maximum Gasteiger partial charge on any atom is 0.176 e. The summed E-state index contributed by atoms with van der Waals surface area (Å²) in [6.45, 7) is 7.33. The van der Waals surface area contributed by atoms with Gasteiger partial charge < -0.3 is 20.1 Å². The molecule has 116 valence electrons. The Bertz CT molecular complexity index is 475. The van der Waals surface area contributed by atoms with E-state index in [2.05, 4.69) is 10.6 Å². The molecule has 1 aromatic rings. The van der Waals surface area contributed by atoms with Crippen LogP contribution in [-0.4, -0.2) is 44.7 Å². The summed E-state index contributed by atoms with van der Waals surface area (Å²) in [6, 6.07) is 5.53. The topological polar surface area (TPSA) is 59.6 Å². The van der Waals surface area contributed by atoms with Gasteiger partial charge in [0, 0.05) is 18.7 Å². The third-order valence-corrected chi connectivity index (χ3v) is 3.21. The van der Waals surface area contributed by atoms with E-state index in [1.165, 1.54) is 0 Å². The molecule has 0 fully saturated rings. The van der Waals surface area contributed by atoms with Crippen molar-refractivity contribution in [3.63, 3.8) is 0 Å². The Morgan fingerprint density at radius 1 is 1.48 bits per heavy atom. The molecule has 1 aliphatic rings. The Labute approximate surface area is 126 Å². The summed E-state index contributed by atoms with van der Waals surface area (Å²) in [5, 5.41) is 6.39. The zero-order valence-corrected chi connectivity index (χ0v) is 12.8. The van der Waals surface area contributed by atoms with Crippen molar-refractivity contribution in [1.29, 1.82) is 0 Å². The summed E-state index contributed by atoms with van der Waals surface area (Å²) in [4.78, 5) is 12.1. The van der Waals surface area contributed by atoms with Crippen molar-refractivity contribution >= 4 is 11.5 Å². The average molecular weight is 292 g/mol. The first-order valence-corrected chi connectivity index (χ1v) is 7.53. The van der Waals surface area contributed by atoms with Crippen LogP contribution >= 0.6 is 0 Å². The van der Waals surface area contributed by atoms with E-state index in [0.29, 0.717) is 18.7 Å². The molecule has 0 amide bonds. The maximum atomic E-state index is 12.1. The van der Waals surface area contributed by atoms with Crippen molar-refractivity contribution in [2.75, 3.05) is 38.2 Å². The van der Waals surface area contributed by atoms with Gasteiger partial charge in [-0.15, -0.1) is 0 Å². The van der Waals surface area contributed by atoms with E-state index >= 15 is 0 Å². The number of hydrogen-bond acceptors (Lipinski definition) is 5. The summed E-state index contributed by atoms with van der Waals surface area (Å²) in [6.07, 6.45) is 1.17. The molecule has 0 atom stereocenters. The predicted molar refractivity (Wildman–Crippen MR) is 83.3 cm³/mol. The van der Waals surface area contributed by atoms with Crippen LogP contribution in [0.3, 0.4) is 0 Å². The van der Waals surface area contributed by atoms with E-state index in [9.17, 15) is 4.79 Å². The lowest BCUT2D eigenvalue weighted by molar-refractivity contribution is 0.0767. The van der Waals surface area contributed by atoms with Crippen molar-refractivity contribution in [3.8, 4) is 5.75 Å². The van der Waals surface area contributed by atoms with Crippen LogP contribution < -0.4 is 15.4 Å². The molecule has 1 aliphatic heterocycles. The molecule has 5 nitrogen and oxygen atoms in total. The van der Waals surface area contributed by atoms with Gasteiger partial charge in [-0.1, -0.05) is 0 Å². The first-order chi connectivity index (χ1) is 10.2. The van der Waals surface area contributed by atoms with Crippen molar-refractivity contribution in [2.24, 2.45) is 0 Å².